The van der Waals surface area contributed by atoms with Crippen molar-refractivity contribution in [2.45, 2.75) is 13.1 Å². The Balaban J connectivity index is 1.35. The van der Waals surface area contributed by atoms with Crippen LogP contribution in [0.4, 0.5) is 5.69 Å². The summed E-state index contributed by atoms with van der Waals surface area (Å²) in [6.07, 6.45) is 5.48. The molecular weight excluding hydrogens is 326 g/mol. The minimum Gasteiger partial charge on any atom is -0.378 e. The maximum Gasteiger partial charge on any atom is 0.157 e. The molecule has 0 atom stereocenters. The maximum atomic E-state index is 5.41. The lowest BCUT2D eigenvalue weighted by Gasteiger charge is -2.28. The zero-order chi connectivity index (χ0) is 17.6. The largest absolute Gasteiger partial charge is 0.378 e. The molecule has 1 N–H and O–H groups in total. The maximum absolute atomic E-state index is 5.41. The lowest BCUT2D eigenvalue weighted by atomic mass is 10.1. The van der Waals surface area contributed by atoms with Crippen molar-refractivity contribution in [2.75, 3.05) is 31.2 Å². The van der Waals surface area contributed by atoms with Gasteiger partial charge in [0, 0.05) is 56.0 Å². The third-order valence-electron chi connectivity index (χ3n) is 4.55. The summed E-state index contributed by atoms with van der Waals surface area (Å²) in [5, 5.41) is 7.78. The van der Waals surface area contributed by atoms with E-state index in [4.69, 9.17) is 4.74 Å². The number of hydrogen-bond acceptors (Lipinski definition) is 5. The zero-order valence-corrected chi connectivity index (χ0v) is 14.7. The van der Waals surface area contributed by atoms with E-state index in [2.05, 4.69) is 50.6 Å². The van der Waals surface area contributed by atoms with Crippen LogP contribution in [0, 0.1) is 0 Å². The van der Waals surface area contributed by atoms with Gasteiger partial charge < -0.3 is 15.0 Å². The van der Waals surface area contributed by atoms with Gasteiger partial charge in [-0.25, -0.2) is 9.67 Å². The molecule has 0 spiro atoms. The number of nitrogens with one attached hydrogen (secondary N) is 1. The van der Waals surface area contributed by atoms with E-state index in [9.17, 15) is 0 Å². The zero-order valence-electron chi connectivity index (χ0n) is 14.7. The van der Waals surface area contributed by atoms with Gasteiger partial charge in [-0.3, -0.25) is 0 Å². The topological polar surface area (TPSA) is 55.2 Å². The van der Waals surface area contributed by atoms with E-state index in [1.54, 1.807) is 17.1 Å². The fraction of sp³-hybridized carbons (Fsp3) is 0.300. The lowest BCUT2D eigenvalue weighted by molar-refractivity contribution is 0.122. The van der Waals surface area contributed by atoms with Crippen LogP contribution in [0.1, 0.15) is 11.1 Å². The number of anilines is 1. The van der Waals surface area contributed by atoms with Crippen LogP contribution in [0.2, 0.25) is 0 Å². The fourth-order valence-electron chi connectivity index (χ4n) is 3.16. The molecule has 3 aromatic rings. The van der Waals surface area contributed by atoms with E-state index in [-0.39, 0.29) is 0 Å². The van der Waals surface area contributed by atoms with Gasteiger partial charge in [-0.05, 0) is 29.8 Å². The van der Waals surface area contributed by atoms with E-state index >= 15 is 0 Å². The number of nitrogens with zero attached hydrogens (tertiary/aromatic N) is 4. The van der Waals surface area contributed by atoms with E-state index < -0.39 is 0 Å². The van der Waals surface area contributed by atoms with Gasteiger partial charge >= 0.3 is 0 Å². The molecule has 6 heteroatoms. The molecule has 1 aromatic carbocycles. The summed E-state index contributed by atoms with van der Waals surface area (Å²) in [6.45, 7) is 5.12. The molecule has 1 aliphatic rings. The molecule has 0 unspecified atom stereocenters. The summed E-state index contributed by atoms with van der Waals surface area (Å²) < 4.78 is 7.21. The normalized spacial score (nSPS) is 14.5. The number of pyridine rings is 1. The number of morpholine rings is 1. The van der Waals surface area contributed by atoms with Gasteiger partial charge in [0.1, 0.15) is 0 Å². The molecular formula is C20H23N5O. The monoisotopic (exact) mass is 349 g/mol. The minimum atomic E-state index is 0.744. The Labute approximate surface area is 153 Å². The summed E-state index contributed by atoms with van der Waals surface area (Å²) in [7, 11) is 0. The Morgan fingerprint density at radius 1 is 0.962 bits per heavy atom. The van der Waals surface area contributed by atoms with Crippen LogP contribution in [-0.2, 0) is 17.8 Å². The van der Waals surface area contributed by atoms with Gasteiger partial charge in [-0.1, -0.05) is 18.2 Å². The third-order valence-corrected chi connectivity index (χ3v) is 4.55. The molecule has 0 aliphatic carbocycles. The Hall–Kier alpha value is -2.70. The van der Waals surface area contributed by atoms with Crippen LogP contribution in [0.15, 0.2) is 61.1 Å². The number of benzene rings is 1. The lowest BCUT2D eigenvalue weighted by Crippen LogP contribution is -2.36. The first-order valence-electron chi connectivity index (χ1n) is 8.96. The molecule has 1 fully saturated rings. The highest BCUT2D eigenvalue weighted by atomic mass is 16.5. The summed E-state index contributed by atoms with van der Waals surface area (Å²) >= 11 is 0. The smallest absolute Gasteiger partial charge is 0.157 e. The van der Waals surface area contributed by atoms with Crippen LogP contribution in [0.25, 0.3) is 5.82 Å². The Bertz CT molecular complexity index is 810. The van der Waals surface area contributed by atoms with Gasteiger partial charge in [-0.2, -0.15) is 5.10 Å². The quantitative estimate of drug-likeness (QED) is 0.741. The predicted molar refractivity (Wildman–Crippen MR) is 101 cm³/mol. The highest BCUT2D eigenvalue weighted by molar-refractivity contribution is 5.48. The molecule has 4 rings (SSSR count). The molecule has 2 aromatic heterocycles. The minimum absolute atomic E-state index is 0.744. The Morgan fingerprint density at radius 2 is 1.81 bits per heavy atom. The van der Waals surface area contributed by atoms with Crippen LogP contribution in [-0.4, -0.2) is 41.1 Å². The van der Waals surface area contributed by atoms with Crippen molar-refractivity contribution in [3.8, 4) is 5.82 Å². The van der Waals surface area contributed by atoms with Crippen LogP contribution < -0.4 is 10.2 Å². The summed E-state index contributed by atoms with van der Waals surface area (Å²) in [4.78, 5) is 6.82. The molecule has 0 bridgehead atoms. The number of hydrogen-bond donors (Lipinski definition) is 1. The summed E-state index contributed by atoms with van der Waals surface area (Å²) in [6, 6.07) is 14.7. The average Bonchev–Trinajstić information content (AvgIpc) is 3.24. The van der Waals surface area contributed by atoms with Crippen LogP contribution in [0.3, 0.4) is 0 Å². The first-order chi connectivity index (χ1) is 12.9. The fourth-order valence-corrected chi connectivity index (χ4v) is 3.16. The summed E-state index contributed by atoms with van der Waals surface area (Å²) in [5.74, 6) is 0.868. The molecule has 6 nitrogen and oxygen atoms in total. The van der Waals surface area contributed by atoms with E-state index in [0.717, 1.165) is 50.8 Å². The molecule has 1 aliphatic heterocycles. The number of rotatable bonds is 6. The molecule has 0 amide bonds. The highest BCUT2D eigenvalue weighted by Crippen LogP contribution is 2.17. The Morgan fingerprint density at radius 3 is 2.58 bits per heavy atom. The highest BCUT2D eigenvalue weighted by Gasteiger charge is 2.11. The van der Waals surface area contributed by atoms with Crippen molar-refractivity contribution in [3.63, 3.8) is 0 Å². The standard InChI is InChI=1S/C20H23N5O/c1-3-18(20(22-8-1)25-10-2-9-23-25)16-21-15-17-4-6-19(7-5-17)24-11-13-26-14-12-24/h1-10,21H,11-16H2. The Kier molecular flexibility index (Phi) is 5.23. The van der Waals surface area contributed by atoms with E-state index in [0.29, 0.717) is 0 Å². The second kappa shape index (κ2) is 8.12. The van der Waals surface area contributed by atoms with Gasteiger partial charge in [-0.15, -0.1) is 0 Å². The summed E-state index contributed by atoms with van der Waals surface area (Å²) in [5.41, 5.74) is 3.66. The van der Waals surface area contributed by atoms with Gasteiger partial charge in [0.2, 0.25) is 0 Å². The van der Waals surface area contributed by atoms with Crippen LogP contribution >= 0.6 is 0 Å². The van der Waals surface area contributed by atoms with E-state index in [1.165, 1.54) is 11.3 Å². The van der Waals surface area contributed by atoms with Gasteiger partial charge in [0.25, 0.3) is 0 Å². The van der Waals surface area contributed by atoms with Crippen molar-refractivity contribution in [3.05, 3.63) is 72.2 Å². The molecule has 0 saturated carbocycles. The molecule has 26 heavy (non-hydrogen) atoms. The van der Waals surface area contributed by atoms with Gasteiger partial charge in [0.15, 0.2) is 5.82 Å². The first-order valence-corrected chi connectivity index (χ1v) is 8.96. The number of ether oxygens (including phenoxy) is 1. The molecule has 134 valence electrons. The van der Waals surface area contributed by atoms with Crippen molar-refractivity contribution in [2.24, 2.45) is 0 Å². The van der Waals surface area contributed by atoms with Crippen molar-refractivity contribution < 1.29 is 4.74 Å². The van der Waals surface area contributed by atoms with Crippen molar-refractivity contribution >= 4 is 5.69 Å². The van der Waals surface area contributed by atoms with E-state index in [1.807, 2.05) is 18.3 Å². The molecule has 3 heterocycles. The second-order valence-electron chi connectivity index (χ2n) is 6.31. The number of aromatic nitrogens is 3. The van der Waals surface area contributed by atoms with Gasteiger partial charge in [0.05, 0.1) is 13.2 Å². The van der Waals surface area contributed by atoms with Crippen molar-refractivity contribution in [1.29, 1.82) is 0 Å². The molecule has 1 saturated heterocycles. The SMILES string of the molecule is c1cnc(-n2cccn2)c(CNCc2ccc(N3CCOCC3)cc2)c1. The predicted octanol–water partition coefficient (Wildman–Crippen LogP) is 2.39. The van der Waals surface area contributed by atoms with Crippen LogP contribution in [0.5, 0.6) is 0 Å². The third kappa shape index (κ3) is 3.92. The van der Waals surface area contributed by atoms with Crippen molar-refractivity contribution in [1.82, 2.24) is 20.1 Å². The average molecular weight is 349 g/mol. The second-order valence-corrected chi connectivity index (χ2v) is 6.31. The first kappa shape index (κ1) is 16.8. The molecule has 0 radical (unpaired) electrons.